The van der Waals surface area contributed by atoms with Crippen molar-refractivity contribution in [2.75, 3.05) is 18.5 Å². The number of ether oxygens (including phenoxy) is 1. The van der Waals surface area contributed by atoms with Crippen LogP contribution in [0, 0.1) is 0 Å². The summed E-state index contributed by atoms with van der Waals surface area (Å²) in [4.78, 5) is 21.6. The van der Waals surface area contributed by atoms with Gasteiger partial charge in [-0.2, -0.15) is 0 Å². The number of hydrogen-bond donors (Lipinski definition) is 3. The Balaban J connectivity index is 2.54. The van der Waals surface area contributed by atoms with Gasteiger partial charge < -0.3 is 20.3 Å². The molecule has 1 aromatic rings. The average Bonchev–Trinajstić information content (AvgIpc) is 2.36. The normalized spacial score (nSPS) is 11.6. The lowest BCUT2D eigenvalue weighted by atomic mass is 10.2. The molecule has 0 bridgehead atoms. The number of anilines is 1. The van der Waals surface area contributed by atoms with Gasteiger partial charge in [0.15, 0.2) is 0 Å². The highest BCUT2D eigenvalue weighted by Gasteiger charge is 2.09. The monoisotopic (exact) mass is 239 g/mol. The maximum absolute atomic E-state index is 11.4. The molecule has 1 atom stereocenters. The van der Waals surface area contributed by atoms with E-state index in [-0.39, 0.29) is 6.61 Å². The summed E-state index contributed by atoms with van der Waals surface area (Å²) in [7, 11) is 0. The smallest absolute Gasteiger partial charge is 0.338 e. The van der Waals surface area contributed by atoms with Crippen LogP contribution in [0.1, 0.15) is 10.4 Å². The second-order valence-corrected chi connectivity index (χ2v) is 3.27. The maximum Gasteiger partial charge on any atom is 0.338 e. The van der Waals surface area contributed by atoms with E-state index in [9.17, 15) is 9.59 Å². The van der Waals surface area contributed by atoms with Crippen LogP contribution in [-0.2, 0) is 9.53 Å². The molecule has 92 valence electrons. The highest BCUT2D eigenvalue weighted by atomic mass is 16.5. The molecule has 6 nitrogen and oxygen atoms in total. The lowest BCUT2D eigenvalue weighted by Crippen LogP contribution is -2.21. The van der Waals surface area contributed by atoms with E-state index < -0.39 is 18.7 Å². The highest BCUT2D eigenvalue weighted by Crippen LogP contribution is 2.09. The minimum absolute atomic E-state index is 0.260. The van der Waals surface area contributed by atoms with Crippen molar-refractivity contribution in [3.8, 4) is 0 Å². The third-order valence-corrected chi connectivity index (χ3v) is 1.96. The van der Waals surface area contributed by atoms with Crippen LogP contribution < -0.4 is 5.32 Å². The quantitative estimate of drug-likeness (QED) is 0.470. The summed E-state index contributed by atoms with van der Waals surface area (Å²) in [5, 5.41) is 20.0. The van der Waals surface area contributed by atoms with Crippen LogP contribution in [0.25, 0.3) is 0 Å². The fourth-order valence-electron chi connectivity index (χ4n) is 1.08. The molecular weight excluding hydrogens is 226 g/mol. The topological polar surface area (TPSA) is 95.9 Å². The number of amides is 1. The zero-order valence-electron chi connectivity index (χ0n) is 9.00. The first kappa shape index (κ1) is 13.1. The van der Waals surface area contributed by atoms with Crippen molar-refractivity contribution in [2.45, 2.75) is 6.10 Å². The zero-order valence-corrected chi connectivity index (χ0v) is 9.00. The molecule has 0 spiro atoms. The second-order valence-electron chi connectivity index (χ2n) is 3.27. The third kappa shape index (κ3) is 4.21. The Morgan fingerprint density at radius 2 is 2.06 bits per heavy atom. The van der Waals surface area contributed by atoms with Crippen molar-refractivity contribution in [1.29, 1.82) is 0 Å². The molecule has 3 N–H and O–H groups in total. The second kappa shape index (κ2) is 6.62. The first-order chi connectivity index (χ1) is 8.17. The van der Waals surface area contributed by atoms with E-state index in [1.54, 1.807) is 12.1 Å². The lowest BCUT2D eigenvalue weighted by molar-refractivity contribution is -0.105. The fourth-order valence-corrected chi connectivity index (χ4v) is 1.08. The molecule has 1 amide bonds. The van der Waals surface area contributed by atoms with E-state index in [0.29, 0.717) is 17.7 Å². The van der Waals surface area contributed by atoms with Crippen molar-refractivity contribution in [3.63, 3.8) is 0 Å². The molecule has 1 aromatic carbocycles. The summed E-state index contributed by atoms with van der Waals surface area (Å²) in [6.07, 6.45) is -0.541. The van der Waals surface area contributed by atoms with Crippen LogP contribution >= 0.6 is 0 Å². The number of aliphatic hydroxyl groups is 2. The Labute approximate surface area is 97.8 Å². The van der Waals surface area contributed by atoms with Crippen molar-refractivity contribution in [1.82, 2.24) is 0 Å². The molecule has 0 aliphatic rings. The van der Waals surface area contributed by atoms with E-state index in [0.717, 1.165) is 0 Å². The molecule has 0 saturated carbocycles. The molecule has 1 rings (SSSR count). The predicted octanol–water partition coefficient (Wildman–Crippen LogP) is -0.235. The van der Waals surface area contributed by atoms with Crippen LogP contribution in [0.3, 0.4) is 0 Å². The summed E-state index contributed by atoms with van der Waals surface area (Å²) in [6, 6.07) is 6.07. The molecule has 0 fully saturated rings. The van der Waals surface area contributed by atoms with Crippen molar-refractivity contribution in [3.05, 3.63) is 29.8 Å². The summed E-state index contributed by atoms with van der Waals surface area (Å²) in [5.41, 5.74) is 0.860. The minimum atomic E-state index is -1.07. The molecule has 17 heavy (non-hydrogen) atoms. The molecular formula is C11H13NO5. The summed E-state index contributed by atoms with van der Waals surface area (Å²) in [5.74, 6) is -0.602. The van der Waals surface area contributed by atoms with Gasteiger partial charge in [0.1, 0.15) is 12.7 Å². The average molecular weight is 239 g/mol. The number of esters is 1. The van der Waals surface area contributed by atoms with Gasteiger partial charge >= 0.3 is 5.97 Å². The SMILES string of the molecule is O=CNc1ccc(C(=O)OCC(O)CO)cc1. The number of carbonyl (C=O) groups is 2. The molecule has 1 unspecified atom stereocenters. The van der Waals surface area contributed by atoms with Gasteiger partial charge in [0.2, 0.25) is 6.41 Å². The van der Waals surface area contributed by atoms with E-state index in [1.807, 2.05) is 0 Å². The van der Waals surface area contributed by atoms with Crippen LogP contribution in [0.2, 0.25) is 0 Å². The van der Waals surface area contributed by atoms with Crippen molar-refractivity contribution >= 4 is 18.1 Å². The molecule has 0 heterocycles. The van der Waals surface area contributed by atoms with Crippen LogP contribution in [-0.4, -0.2) is 41.9 Å². The van der Waals surface area contributed by atoms with Gasteiger partial charge in [0, 0.05) is 5.69 Å². The number of hydrogen-bond acceptors (Lipinski definition) is 5. The zero-order chi connectivity index (χ0) is 12.7. The fraction of sp³-hybridized carbons (Fsp3) is 0.273. The number of aliphatic hydroxyl groups excluding tert-OH is 2. The number of nitrogens with one attached hydrogen (secondary N) is 1. The Hall–Kier alpha value is -1.92. The van der Waals surface area contributed by atoms with Crippen LogP contribution in [0.5, 0.6) is 0 Å². The van der Waals surface area contributed by atoms with E-state index in [4.69, 9.17) is 14.9 Å². The van der Waals surface area contributed by atoms with Gasteiger partial charge in [-0.05, 0) is 24.3 Å². The van der Waals surface area contributed by atoms with E-state index in [2.05, 4.69) is 5.32 Å². The largest absolute Gasteiger partial charge is 0.459 e. The maximum atomic E-state index is 11.4. The Morgan fingerprint density at radius 1 is 1.41 bits per heavy atom. The number of rotatable bonds is 6. The van der Waals surface area contributed by atoms with Crippen LogP contribution in [0.15, 0.2) is 24.3 Å². The first-order valence-corrected chi connectivity index (χ1v) is 4.93. The van der Waals surface area contributed by atoms with Gasteiger partial charge in [-0.3, -0.25) is 4.79 Å². The lowest BCUT2D eigenvalue weighted by Gasteiger charge is -2.08. The van der Waals surface area contributed by atoms with E-state index in [1.165, 1.54) is 12.1 Å². The molecule has 0 aliphatic carbocycles. The minimum Gasteiger partial charge on any atom is -0.459 e. The van der Waals surface area contributed by atoms with Gasteiger partial charge in [-0.1, -0.05) is 0 Å². The van der Waals surface area contributed by atoms with Crippen molar-refractivity contribution in [2.24, 2.45) is 0 Å². The number of benzene rings is 1. The molecule has 6 heteroatoms. The molecule has 0 aliphatic heterocycles. The summed E-state index contributed by atoms with van der Waals surface area (Å²) >= 11 is 0. The van der Waals surface area contributed by atoms with Crippen LogP contribution in [0.4, 0.5) is 5.69 Å². The molecule has 0 aromatic heterocycles. The summed E-state index contributed by atoms with van der Waals surface area (Å²) in [6.45, 7) is -0.723. The number of carbonyl (C=O) groups excluding carboxylic acids is 2. The Kier molecular flexibility index (Phi) is 5.12. The predicted molar refractivity (Wildman–Crippen MR) is 59.5 cm³/mol. The molecule has 0 saturated heterocycles. The Morgan fingerprint density at radius 3 is 2.59 bits per heavy atom. The Bertz CT molecular complexity index is 376. The van der Waals surface area contributed by atoms with Gasteiger partial charge in [0.05, 0.1) is 12.2 Å². The van der Waals surface area contributed by atoms with Gasteiger partial charge in [0.25, 0.3) is 0 Å². The first-order valence-electron chi connectivity index (χ1n) is 4.93. The van der Waals surface area contributed by atoms with Crippen molar-refractivity contribution < 1.29 is 24.5 Å². The highest BCUT2D eigenvalue weighted by molar-refractivity contribution is 5.90. The third-order valence-electron chi connectivity index (χ3n) is 1.96. The standard InChI is InChI=1S/C11H13NO5/c13-5-10(15)6-17-11(16)8-1-3-9(4-2-8)12-7-14/h1-4,7,10,13,15H,5-6H2,(H,12,14). The van der Waals surface area contributed by atoms with Gasteiger partial charge in [-0.15, -0.1) is 0 Å². The van der Waals surface area contributed by atoms with Gasteiger partial charge in [-0.25, -0.2) is 4.79 Å². The van der Waals surface area contributed by atoms with E-state index >= 15 is 0 Å². The molecule has 0 radical (unpaired) electrons. The summed E-state index contributed by atoms with van der Waals surface area (Å²) < 4.78 is 4.74.